The zero-order chi connectivity index (χ0) is 20.3. The van der Waals surface area contributed by atoms with Gasteiger partial charge >= 0.3 is 0 Å². The van der Waals surface area contributed by atoms with Crippen LogP contribution in [-0.4, -0.2) is 43.3 Å². The number of benzene rings is 2. The smallest absolute Gasteiger partial charge is 0.119 e. The molecule has 3 heterocycles. The van der Waals surface area contributed by atoms with Gasteiger partial charge in [0.15, 0.2) is 0 Å². The van der Waals surface area contributed by atoms with Gasteiger partial charge in [-0.05, 0) is 61.2 Å². The molecule has 5 rings (SSSR count). The van der Waals surface area contributed by atoms with Crippen molar-refractivity contribution in [3.8, 4) is 22.9 Å². The molecule has 2 saturated heterocycles. The summed E-state index contributed by atoms with van der Waals surface area (Å²) in [4.78, 5) is 2.63. The summed E-state index contributed by atoms with van der Waals surface area (Å²) < 4.78 is 11.9. The average molecular weight is 401 g/mol. The van der Waals surface area contributed by atoms with Crippen molar-refractivity contribution in [2.75, 3.05) is 26.2 Å². The number of fused-ring (bicyclic) bond motifs is 5. The number of unbranched alkanes of at least 4 members (excludes halogenated alkanes) is 2. The monoisotopic (exact) mass is 400 g/mol. The Balaban J connectivity index is 0.992. The highest BCUT2D eigenvalue weighted by molar-refractivity contribution is 5.64. The normalized spacial score (nSPS) is 26.6. The quantitative estimate of drug-likeness (QED) is 0.478. The summed E-state index contributed by atoms with van der Waals surface area (Å²) in [5, 5.41) is 8.91. The molecule has 2 aromatic carbocycles. The first kappa shape index (κ1) is 19.4. The summed E-state index contributed by atoms with van der Waals surface area (Å²) in [5.41, 5.74) is 2.93. The molecule has 154 valence electrons. The highest BCUT2D eigenvalue weighted by atomic mass is 16.5. The molecule has 4 heteroatoms. The highest BCUT2D eigenvalue weighted by Crippen LogP contribution is 2.43. The fourth-order valence-corrected chi connectivity index (χ4v) is 5.08. The van der Waals surface area contributed by atoms with Crippen LogP contribution in [0.1, 0.15) is 24.8 Å². The van der Waals surface area contributed by atoms with Crippen LogP contribution < -0.4 is 4.74 Å². The maximum Gasteiger partial charge on any atom is 0.119 e. The fourth-order valence-electron chi connectivity index (χ4n) is 5.08. The molecule has 0 aliphatic carbocycles. The SMILES string of the molecule is N#Cc1ccc(-c2ccc(OCCCCCN3C[C@@H]4[C@H](C3)[C@H]3C=C[C@@H]4O3)cc2)cc1. The molecule has 2 fully saturated rings. The van der Waals surface area contributed by atoms with Crippen molar-refractivity contribution in [3.63, 3.8) is 0 Å². The van der Waals surface area contributed by atoms with Gasteiger partial charge in [0.1, 0.15) is 5.75 Å². The predicted molar refractivity (Wildman–Crippen MR) is 117 cm³/mol. The summed E-state index contributed by atoms with van der Waals surface area (Å²) in [5.74, 6) is 2.38. The van der Waals surface area contributed by atoms with Crippen LogP contribution in [-0.2, 0) is 4.74 Å². The standard InChI is InChI=1S/C26H28N2O2/c27-16-19-4-6-20(7-5-19)21-8-10-22(11-9-21)29-15-3-1-2-14-28-17-23-24(18-28)26-13-12-25(23)30-26/h4-13,23-26H,1-3,14-15,17-18H2/t23-,24+,25+,26-. The number of nitrogens with zero attached hydrogens (tertiary/aromatic N) is 2. The van der Waals surface area contributed by atoms with Crippen LogP contribution in [0.15, 0.2) is 60.7 Å². The second kappa shape index (κ2) is 8.63. The maximum atomic E-state index is 8.91. The Morgan fingerprint density at radius 3 is 2.13 bits per heavy atom. The predicted octanol–water partition coefficient (Wildman–Crippen LogP) is 4.66. The van der Waals surface area contributed by atoms with E-state index in [4.69, 9.17) is 14.7 Å². The van der Waals surface area contributed by atoms with Crippen molar-refractivity contribution in [2.24, 2.45) is 11.8 Å². The van der Waals surface area contributed by atoms with Crippen LogP contribution in [0, 0.1) is 23.2 Å². The van der Waals surface area contributed by atoms with E-state index < -0.39 is 0 Å². The summed E-state index contributed by atoms with van der Waals surface area (Å²) in [6.07, 6.45) is 8.85. The van der Waals surface area contributed by atoms with Gasteiger partial charge in [-0.15, -0.1) is 0 Å². The second-order valence-corrected chi connectivity index (χ2v) is 8.66. The molecule has 0 N–H and O–H groups in total. The molecule has 0 spiro atoms. The van der Waals surface area contributed by atoms with Gasteiger partial charge in [0.05, 0.1) is 30.4 Å². The highest BCUT2D eigenvalue weighted by Gasteiger charge is 2.50. The number of hydrogen-bond acceptors (Lipinski definition) is 4. The number of rotatable bonds is 8. The van der Waals surface area contributed by atoms with Crippen LogP contribution >= 0.6 is 0 Å². The van der Waals surface area contributed by atoms with E-state index in [0.717, 1.165) is 41.7 Å². The van der Waals surface area contributed by atoms with Crippen molar-refractivity contribution < 1.29 is 9.47 Å². The number of hydrogen-bond donors (Lipinski definition) is 0. The third-order valence-electron chi connectivity index (χ3n) is 6.73. The molecule has 0 amide bonds. The van der Waals surface area contributed by atoms with E-state index in [1.165, 1.54) is 32.5 Å². The number of ether oxygens (including phenoxy) is 2. The van der Waals surface area contributed by atoms with Crippen molar-refractivity contribution in [1.29, 1.82) is 5.26 Å². The van der Waals surface area contributed by atoms with E-state index >= 15 is 0 Å². The summed E-state index contributed by atoms with van der Waals surface area (Å²) >= 11 is 0. The minimum absolute atomic E-state index is 0.390. The Labute approximate surface area is 178 Å². The lowest BCUT2D eigenvalue weighted by molar-refractivity contribution is 0.0846. The Bertz CT molecular complexity index is 909. The first-order valence-electron chi connectivity index (χ1n) is 11.1. The molecule has 30 heavy (non-hydrogen) atoms. The first-order valence-corrected chi connectivity index (χ1v) is 11.1. The average Bonchev–Trinajstić information content (AvgIpc) is 3.50. The first-order chi connectivity index (χ1) is 14.8. The molecule has 4 nitrogen and oxygen atoms in total. The lowest BCUT2D eigenvalue weighted by atomic mass is 9.86. The van der Waals surface area contributed by atoms with Crippen molar-refractivity contribution in [2.45, 2.75) is 31.5 Å². The van der Waals surface area contributed by atoms with Gasteiger partial charge in [-0.1, -0.05) is 36.4 Å². The number of nitriles is 1. The number of likely N-dealkylation sites (tertiary alicyclic amines) is 1. The lowest BCUT2D eigenvalue weighted by Crippen LogP contribution is -2.26. The van der Waals surface area contributed by atoms with Gasteiger partial charge in [0.2, 0.25) is 0 Å². The summed E-state index contributed by atoms with van der Waals surface area (Å²) in [6, 6.07) is 18.0. The Hall–Kier alpha value is -2.61. The minimum Gasteiger partial charge on any atom is -0.494 e. The van der Waals surface area contributed by atoms with Gasteiger partial charge in [0, 0.05) is 24.9 Å². The van der Waals surface area contributed by atoms with Gasteiger partial charge in [-0.25, -0.2) is 0 Å². The lowest BCUT2D eigenvalue weighted by Gasteiger charge is -2.18. The molecule has 0 unspecified atom stereocenters. The van der Waals surface area contributed by atoms with E-state index in [9.17, 15) is 0 Å². The molecule has 2 bridgehead atoms. The van der Waals surface area contributed by atoms with Crippen LogP contribution in [0.5, 0.6) is 5.75 Å². The Morgan fingerprint density at radius 1 is 0.867 bits per heavy atom. The fraction of sp³-hybridized carbons (Fsp3) is 0.423. The zero-order valence-corrected chi connectivity index (χ0v) is 17.2. The van der Waals surface area contributed by atoms with Gasteiger partial charge in [0.25, 0.3) is 0 Å². The van der Waals surface area contributed by atoms with E-state index in [1.54, 1.807) is 0 Å². The molecule has 2 aromatic rings. The maximum absolute atomic E-state index is 8.91. The minimum atomic E-state index is 0.390. The van der Waals surface area contributed by atoms with E-state index in [1.807, 2.05) is 36.4 Å². The van der Waals surface area contributed by atoms with E-state index in [0.29, 0.717) is 17.8 Å². The molecule has 3 aliphatic heterocycles. The third kappa shape index (κ3) is 4.01. The third-order valence-corrected chi connectivity index (χ3v) is 6.73. The molecule has 0 saturated carbocycles. The molecule has 4 atom stereocenters. The topological polar surface area (TPSA) is 45.5 Å². The van der Waals surface area contributed by atoms with Crippen molar-refractivity contribution in [1.82, 2.24) is 4.90 Å². The van der Waals surface area contributed by atoms with Crippen LogP contribution in [0.25, 0.3) is 11.1 Å². The van der Waals surface area contributed by atoms with Gasteiger partial charge < -0.3 is 14.4 Å². The van der Waals surface area contributed by atoms with Gasteiger partial charge in [-0.3, -0.25) is 0 Å². The van der Waals surface area contributed by atoms with Crippen LogP contribution in [0.3, 0.4) is 0 Å². The summed E-state index contributed by atoms with van der Waals surface area (Å²) in [7, 11) is 0. The van der Waals surface area contributed by atoms with Crippen LogP contribution in [0.4, 0.5) is 0 Å². The van der Waals surface area contributed by atoms with Crippen molar-refractivity contribution in [3.05, 3.63) is 66.2 Å². The molecule has 0 aromatic heterocycles. The van der Waals surface area contributed by atoms with Crippen molar-refractivity contribution >= 4 is 0 Å². The Morgan fingerprint density at radius 2 is 1.50 bits per heavy atom. The Kier molecular flexibility index (Phi) is 5.57. The molecule has 3 aliphatic rings. The largest absolute Gasteiger partial charge is 0.494 e. The molecular formula is C26H28N2O2. The molecular weight excluding hydrogens is 372 g/mol. The second-order valence-electron chi connectivity index (χ2n) is 8.66. The van der Waals surface area contributed by atoms with E-state index in [-0.39, 0.29) is 0 Å². The molecule has 0 radical (unpaired) electrons. The zero-order valence-electron chi connectivity index (χ0n) is 17.2. The van der Waals surface area contributed by atoms with E-state index in [2.05, 4.69) is 35.3 Å². The summed E-state index contributed by atoms with van der Waals surface area (Å²) in [6.45, 7) is 4.38. The van der Waals surface area contributed by atoms with Crippen LogP contribution in [0.2, 0.25) is 0 Å². The van der Waals surface area contributed by atoms with Gasteiger partial charge in [-0.2, -0.15) is 5.26 Å².